The molecule has 1 aromatic carbocycles. The molecule has 1 aliphatic rings. The van der Waals surface area contributed by atoms with E-state index in [1.165, 1.54) is 12.1 Å². The molecule has 4 nitrogen and oxygen atoms in total. The molecule has 100 valence electrons. The summed E-state index contributed by atoms with van der Waals surface area (Å²) in [5.41, 5.74) is 6.14. The van der Waals surface area contributed by atoms with Crippen LogP contribution >= 0.6 is 0 Å². The zero-order chi connectivity index (χ0) is 13.2. The minimum atomic E-state index is -0.756. The average Bonchev–Trinajstić information content (AvgIpc) is 2.28. The Hall–Kier alpha value is -1.33. The topological polar surface area (TPSA) is 58.7 Å². The monoisotopic (exact) mass is 254 g/mol. The van der Waals surface area contributed by atoms with Gasteiger partial charge in [0.05, 0.1) is 17.0 Å². The van der Waals surface area contributed by atoms with Gasteiger partial charge in [-0.25, -0.2) is 4.39 Å². The molecule has 0 spiro atoms. The molecule has 0 unspecified atom stereocenters. The first-order valence-electron chi connectivity index (χ1n) is 6.06. The summed E-state index contributed by atoms with van der Waals surface area (Å²) in [6.07, 6.45) is 1.22. The van der Waals surface area contributed by atoms with E-state index in [0.717, 1.165) is 5.69 Å². The fourth-order valence-electron chi connectivity index (χ4n) is 2.31. The zero-order valence-corrected chi connectivity index (χ0v) is 10.5. The van der Waals surface area contributed by atoms with E-state index < -0.39 is 5.60 Å². The molecule has 1 aliphatic heterocycles. The van der Waals surface area contributed by atoms with Gasteiger partial charge < -0.3 is 20.5 Å². The standard InChI is InChI=1S/C13H19FN2O2/c1-16(9-13(17)4-6-18-7-5-13)12-3-2-10(14)8-11(12)15/h2-3,8,17H,4-7,9,15H2,1H3. The molecule has 2 rings (SSSR count). The predicted octanol–water partition coefficient (Wildman–Crippen LogP) is 1.39. The number of aliphatic hydroxyl groups is 1. The van der Waals surface area contributed by atoms with Crippen LogP contribution in [0.4, 0.5) is 15.8 Å². The third-order valence-corrected chi connectivity index (χ3v) is 3.36. The van der Waals surface area contributed by atoms with E-state index in [1.54, 1.807) is 6.07 Å². The molecular weight excluding hydrogens is 235 g/mol. The van der Waals surface area contributed by atoms with Crippen molar-refractivity contribution < 1.29 is 14.2 Å². The Morgan fingerprint density at radius 1 is 1.44 bits per heavy atom. The van der Waals surface area contributed by atoms with E-state index in [-0.39, 0.29) is 5.82 Å². The molecule has 3 N–H and O–H groups in total. The molecule has 18 heavy (non-hydrogen) atoms. The number of hydrogen-bond acceptors (Lipinski definition) is 4. The number of hydrogen-bond donors (Lipinski definition) is 2. The lowest BCUT2D eigenvalue weighted by Gasteiger charge is -2.36. The number of benzene rings is 1. The molecule has 0 amide bonds. The van der Waals surface area contributed by atoms with Crippen LogP contribution in [0, 0.1) is 5.82 Å². The number of nitrogens with zero attached hydrogens (tertiary/aromatic N) is 1. The quantitative estimate of drug-likeness (QED) is 0.800. The van der Waals surface area contributed by atoms with Crippen LogP contribution in [0.1, 0.15) is 12.8 Å². The molecule has 1 heterocycles. The zero-order valence-electron chi connectivity index (χ0n) is 10.5. The van der Waals surface area contributed by atoms with Gasteiger partial charge in [-0.1, -0.05) is 0 Å². The van der Waals surface area contributed by atoms with Crippen molar-refractivity contribution in [3.63, 3.8) is 0 Å². The van der Waals surface area contributed by atoms with Gasteiger partial charge in [-0.2, -0.15) is 0 Å². The normalized spacial score (nSPS) is 18.6. The summed E-state index contributed by atoms with van der Waals surface area (Å²) in [6.45, 7) is 1.61. The highest BCUT2D eigenvalue weighted by Gasteiger charge is 2.31. The Morgan fingerprint density at radius 2 is 2.11 bits per heavy atom. The molecule has 1 aromatic rings. The highest BCUT2D eigenvalue weighted by molar-refractivity contribution is 5.67. The van der Waals surface area contributed by atoms with Crippen LogP contribution in [-0.4, -0.2) is 37.5 Å². The summed E-state index contributed by atoms with van der Waals surface area (Å²) in [6, 6.07) is 4.30. The highest BCUT2D eigenvalue weighted by atomic mass is 19.1. The van der Waals surface area contributed by atoms with Gasteiger partial charge in [0.15, 0.2) is 0 Å². The van der Waals surface area contributed by atoms with Gasteiger partial charge in [0.25, 0.3) is 0 Å². The van der Waals surface area contributed by atoms with E-state index in [2.05, 4.69) is 0 Å². The van der Waals surface area contributed by atoms with E-state index in [4.69, 9.17) is 10.5 Å². The van der Waals surface area contributed by atoms with E-state index >= 15 is 0 Å². The molecule has 0 aliphatic carbocycles. The second-order valence-electron chi connectivity index (χ2n) is 4.90. The van der Waals surface area contributed by atoms with Gasteiger partial charge in [-0.3, -0.25) is 0 Å². The molecule has 0 bridgehead atoms. The Labute approximate surface area is 106 Å². The van der Waals surface area contributed by atoms with Crippen molar-refractivity contribution >= 4 is 11.4 Å². The fraction of sp³-hybridized carbons (Fsp3) is 0.538. The van der Waals surface area contributed by atoms with Crippen molar-refractivity contribution in [3.05, 3.63) is 24.0 Å². The van der Waals surface area contributed by atoms with Crippen LogP contribution in [0.3, 0.4) is 0 Å². The van der Waals surface area contributed by atoms with Crippen LogP contribution in [0.25, 0.3) is 0 Å². The van der Waals surface area contributed by atoms with Gasteiger partial charge in [-0.15, -0.1) is 0 Å². The van der Waals surface area contributed by atoms with Crippen LogP contribution in [-0.2, 0) is 4.74 Å². The first-order chi connectivity index (χ1) is 8.50. The summed E-state index contributed by atoms with van der Waals surface area (Å²) < 4.78 is 18.2. The molecule has 0 atom stereocenters. The van der Waals surface area contributed by atoms with Crippen molar-refractivity contribution in [3.8, 4) is 0 Å². The molecule has 1 fully saturated rings. The Balaban J connectivity index is 2.08. The Bertz CT molecular complexity index is 419. The summed E-state index contributed by atoms with van der Waals surface area (Å²) in [5, 5.41) is 10.4. The lowest BCUT2D eigenvalue weighted by Crippen LogP contribution is -2.45. The number of nitrogens with two attached hydrogens (primary N) is 1. The maximum absolute atomic E-state index is 13.0. The Morgan fingerprint density at radius 3 is 2.72 bits per heavy atom. The minimum Gasteiger partial charge on any atom is -0.397 e. The van der Waals surface area contributed by atoms with Crippen molar-refractivity contribution in [2.24, 2.45) is 0 Å². The lowest BCUT2D eigenvalue weighted by molar-refractivity contribution is -0.0572. The molecule has 0 aromatic heterocycles. The largest absolute Gasteiger partial charge is 0.397 e. The van der Waals surface area contributed by atoms with Gasteiger partial charge in [-0.05, 0) is 18.2 Å². The van der Waals surface area contributed by atoms with Crippen molar-refractivity contribution in [2.45, 2.75) is 18.4 Å². The second-order valence-corrected chi connectivity index (χ2v) is 4.90. The van der Waals surface area contributed by atoms with Crippen LogP contribution in [0.2, 0.25) is 0 Å². The summed E-state index contributed by atoms with van der Waals surface area (Å²) in [4.78, 5) is 1.86. The highest BCUT2D eigenvalue weighted by Crippen LogP contribution is 2.27. The molecular formula is C13H19FN2O2. The third-order valence-electron chi connectivity index (χ3n) is 3.36. The second kappa shape index (κ2) is 5.12. The number of rotatable bonds is 3. The predicted molar refractivity (Wildman–Crippen MR) is 69.1 cm³/mol. The maximum atomic E-state index is 13.0. The summed E-state index contributed by atoms with van der Waals surface area (Å²) >= 11 is 0. The SMILES string of the molecule is CN(CC1(O)CCOCC1)c1ccc(F)cc1N. The van der Waals surface area contributed by atoms with Gasteiger partial charge in [0.1, 0.15) is 5.82 Å². The van der Waals surface area contributed by atoms with Crippen molar-refractivity contribution in [2.75, 3.05) is 37.4 Å². The van der Waals surface area contributed by atoms with E-state index in [9.17, 15) is 9.50 Å². The molecule has 1 saturated heterocycles. The average molecular weight is 254 g/mol. The lowest BCUT2D eigenvalue weighted by atomic mass is 9.93. The summed E-state index contributed by atoms with van der Waals surface area (Å²) in [7, 11) is 1.84. The fourth-order valence-corrected chi connectivity index (χ4v) is 2.31. The molecule has 5 heteroatoms. The smallest absolute Gasteiger partial charge is 0.125 e. The minimum absolute atomic E-state index is 0.352. The third kappa shape index (κ3) is 2.91. The van der Waals surface area contributed by atoms with Crippen LogP contribution in [0.15, 0.2) is 18.2 Å². The number of ether oxygens (including phenoxy) is 1. The maximum Gasteiger partial charge on any atom is 0.125 e. The number of halogens is 1. The van der Waals surface area contributed by atoms with Crippen LogP contribution < -0.4 is 10.6 Å². The number of likely N-dealkylation sites (N-methyl/N-ethyl adjacent to an activating group) is 1. The molecule has 0 saturated carbocycles. The Kier molecular flexibility index (Phi) is 3.73. The van der Waals surface area contributed by atoms with E-state index in [0.29, 0.717) is 38.3 Å². The van der Waals surface area contributed by atoms with Crippen molar-refractivity contribution in [1.29, 1.82) is 0 Å². The van der Waals surface area contributed by atoms with Gasteiger partial charge >= 0.3 is 0 Å². The first kappa shape index (κ1) is 13.1. The van der Waals surface area contributed by atoms with E-state index in [1.807, 2.05) is 11.9 Å². The van der Waals surface area contributed by atoms with Gasteiger partial charge in [0.2, 0.25) is 0 Å². The van der Waals surface area contributed by atoms with Gasteiger partial charge in [0, 0.05) is 39.6 Å². The van der Waals surface area contributed by atoms with Crippen molar-refractivity contribution in [1.82, 2.24) is 0 Å². The number of anilines is 2. The molecule has 0 radical (unpaired) electrons. The number of nitrogen functional groups attached to an aromatic ring is 1. The first-order valence-corrected chi connectivity index (χ1v) is 6.06. The van der Waals surface area contributed by atoms with Crippen LogP contribution in [0.5, 0.6) is 0 Å². The summed E-state index contributed by atoms with van der Waals surface area (Å²) in [5.74, 6) is -0.352.